The maximum absolute atomic E-state index is 13.9. The van der Waals surface area contributed by atoms with Gasteiger partial charge in [0.1, 0.15) is 16.9 Å². The second kappa shape index (κ2) is 7.65. The number of nitrogens with zero attached hydrogens (tertiary/aromatic N) is 3. The molecule has 1 aromatic carbocycles. The van der Waals surface area contributed by atoms with Gasteiger partial charge >= 0.3 is 0 Å². The first-order valence-corrected chi connectivity index (χ1v) is 11.2. The third-order valence-electron chi connectivity index (χ3n) is 6.92. The number of hydrogen-bond donors (Lipinski definition) is 1. The Morgan fingerprint density at radius 2 is 1.97 bits per heavy atom. The van der Waals surface area contributed by atoms with Gasteiger partial charge in [-0.05, 0) is 62.9 Å². The minimum atomic E-state index is -1.11. The van der Waals surface area contributed by atoms with E-state index in [1.165, 1.54) is 0 Å². The van der Waals surface area contributed by atoms with Crippen LogP contribution in [-0.2, 0) is 11.3 Å². The molecule has 0 spiro atoms. The molecule has 166 valence electrons. The predicted molar refractivity (Wildman–Crippen MR) is 121 cm³/mol. The minimum absolute atomic E-state index is 0.139. The molecule has 1 aliphatic carbocycles. The van der Waals surface area contributed by atoms with E-state index in [0.29, 0.717) is 17.1 Å². The Bertz CT molecular complexity index is 1170. The van der Waals surface area contributed by atoms with Gasteiger partial charge in [-0.2, -0.15) is 5.10 Å². The van der Waals surface area contributed by atoms with Crippen molar-refractivity contribution in [3.05, 3.63) is 59.5 Å². The monoisotopic (exact) mass is 432 g/mol. The zero-order valence-electron chi connectivity index (χ0n) is 18.7. The van der Waals surface area contributed by atoms with Crippen LogP contribution < -0.4 is 10.2 Å². The Kier molecular flexibility index (Phi) is 4.92. The fraction of sp³-hybridized carbons (Fsp3) is 0.400. The Morgan fingerprint density at radius 1 is 1.19 bits per heavy atom. The standard InChI is InChI=1S/C25H28N4O3/c1-16-8-6-11-20(17(16)2)29-23(30)21-14-19(22-12-7-13-32-22)27-28(21)15-25(29,3)24(31)26-18-9-4-5-10-18/h6-8,11-14,18H,4-5,9-10,15H2,1-3H3,(H,26,31). The van der Waals surface area contributed by atoms with Crippen LogP contribution in [0.15, 0.2) is 47.1 Å². The lowest BCUT2D eigenvalue weighted by Crippen LogP contribution is -2.65. The minimum Gasteiger partial charge on any atom is -0.463 e. The SMILES string of the molecule is Cc1cccc(N2C(=O)c3cc(-c4ccco4)nn3CC2(C)C(=O)NC2CCCC2)c1C. The lowest BCUT2D eigenvalue weighted by Gasteiger charge is -2.44. The number of anilines is 1. The number of fused-ring (bicyclic) bond motifs is 1. The average Bonchev–Trinajstić information content (AvgIpc) is 3.52. The van der Waals surface area contributed by atoms with Crippen LogP contribution in [0.25, 0.3) is 11.5 Å². The number of rotatable bonds is 4. The Hall–Kier alpha value is -3.35. The summed E-state index contributed by atoms with van der Waals surface area (Å²) in [6, 6.07) is 11.4. The Morgan fingerprint density at radius 3 is 2.69 bits per heavy atom. The van der Waals surface area contributed by atoms with Gasteiger partial charge < -0.3 is 9.73 Å². The molecule has 3 heterocycles. The number of aryl methyl sites for hydroxylation is 1. The summed E-state index contributed by atoms with van der Waals surface area (Å²) in [6.07, 6.45) is 5.79. The van der Waals surface area contributed by atoms with Crippen molar-refractivity contribution in [2.75, 3.05) is 4.90 Å². The van der Waals surface area contributed by atoms with Gasteiger partial charge in [0.2, 0.25) is 5.91 Å². The summed E-state index contributed by atoms with van der Waals surface area (Å²) in [5.74, 6) is 0.216. The lowest BCUT2D eigenvalue weighted by molar-refractivity contribution is -0.127. The second-order valence-corrected chi connectivity index (χ2v) is 9.14. The molecule has 1 aliphatic heterocycles. The number of amides is 2. The topological polar surface area (TPSA) is 80.4 Å². The van der Waals surface area contributed by atoms with Gasteiger partial charge in [0.25, 0.3) is 5.91 Å². The number of aromatic nitrogens is 2. The van der Waals surface area contributed by atoms with E-state index in [1.807, 2.05) is 45.0 Å². The van der Waals surface area contributed by atoms with E-state index in [-0.39, 0.29) is 24.4 Å². The maximum Gasteiger partial charge on any atom is 0.277 e. The number of furan rings is 1. The van der Waals surface area contributed by atoms with E-state index in [4.69, 9.17) is 4.42 Å². The molecular weight excluding hydrogens is 404 g/mol. The average molecular weight is 433 g/mol. The molecule has 1 atom stereocenters. The first-order chi connectivity index (χ1) is 15.4. The van der Waals surface area contributed by atoms with Crippen LogP contribution in [0.3, 0.4) is 0 Å². The molecule has 1 unspecified atom stereocenters. The number of nitrogens with one attached hydrogen (secondary N) is 1. The van der Waals surface area contributed by atoms with Crippen LogP contribution in [0.5, 0.6) is 0 Å². The first kappa shape index (κ1) is 20.5. The molecule has 0 bridgehead atoms. The molecule has 1 saturated carbocycles. The van der Waals surface area contributed by atoms with Crippen LogP contribution in [0.2, 0.25) is 0 Å². The highest BCUT2D eigenvalue weighted by Gasteiger charge is 2.49. The van der Waals surface area contributed by atoms with Crippen molar-refractivity contribution in [2.24, 2.45) is 0 Å². The second-order valence-electron chi connectivity index (χ2n) is 9.14. The van der Waals surface area contributed by atoms with E-state index in [9.17, 15) is 9.59 Å². The molecule has 2 aromatic heterocycles. The summed E-state index contributed by atoms with van der Waals surface area (Å²) in [5, 5.41) is 7.83. The molecule has 5 rings (SSSR count). The highest BCUT2D eigenvalue weighted by Crippen LogP contribution is 2.37. The fourth-order valence-electron chi connectivity index (χ4n) is 4.89. The molecule has 1 N–H and O–H groups in total. The molecule has 7 nitrogen and oxygen atoms in total. The lowest BCUT2D eigenvalue weighted by atomic mass is 9.92. The molecule has 3 aromatic rings. The Balaban J connectivity index is 1.61. The van der Waals surface area contributed by atoms with E-state index < -0.39 is 5.54 Å². The van der Waals surface area contributed by atoms with Gasteiger partial charge in [-0.25, -0.2) is 0 Å². The van der Waals surface area contributed by atoms with Gasteiger partial charge in [0, 0.05) is 17.8 Å². The molecule has 2 amide bonds. The number of carbonyl (C=O) groups is 2. The fourth-order valence-corrected chi connectivity index (χ4v) is 4.89. The molecule has 0 saturated heterocycles. The number of carbonyl (C=O) groups excluding carboxylic acids is 2. The molecule has 1 fully saturated rings. The van der Waals surface area contributed by atoms with Gasteiger partial charge in [-0.3, -0.25) is 19.2 Å². The van der Waals surface area contributed by atoms with Crippen molar-refractivity contribution >= 4 is 17.5 Å². The van der Waals surface area contributed by atoms with Gasteiger partial charge in [0.05, 0.1) is 12.8 Å². The van der Waals surface area contributed by atoms with Crippen LogP contribution in [-0.4, -0.2) is 33.2 Å². The van der Waals surface area contributed by atoms with Crippen molar-refractivity contribution in [3.8, 4) is 11.5 Å². The highest BCUT2D eigenvalue weighted by molar-refractivity contribution is 6.12. The summed E-state index contributed by atoms with van der Waals surface area (Å²) >= 11 is 0. The maximum atomic E-state index is 13.9. The quantitative estimate of drug-likeness (QED) is 0.669. The zero-order chi connectivity index (χ0) is 22.5. The van der Waals surface area contributed by atoms with Crippen molar-refractivity contribution in [3.63, 3.8) is 0 Å². The smallest absolute Gasteiger partial charge is 0.277 e. The van der Waals surface area contributed by atoms with Gasteiger partial charge in [0.15, 0.2) is 5.76 Å². The van der Waals surface area contributed by atoms with Crippen molar-refractivity contribution < 1.29 is 14.0 Å². The van der Waals surface area contributed by atoms with Crippen LogP contribution >= 0.6 is 0 Å². The van der Waals surface area contributed by atoms with E-state index >= 15 is 0 Å². The zero-order valence-corrected chi connectivity index (χ0v) is 18.7. The molecular formula is C25H28N4O3. The number of benzene rings is 1. The van der Waals surface area contributed by atoms with Gasteiger partial charge in [-0.1, -0.05) is 25.0 Å². The van der Waals surface area contributed by atoms with E-state index in [1.54, 1.807) is 28.0 Å². The highest BCUT2D eigenvalue weighted by atomic mass is 16.3. The van der Waals surface area contributed by atoms with Crippen LogP contribution in [0.4, 0.5) is 5.69 Å². The molecule has 7 heteroatoms. The third-order valence-corrected chi connectivity index (χ3v) is 6.92. The summed E-state index contributed by atoms with van der Waals surface area (Å²) in [4.78, 5) is 29.2. The van der Waals surface area contributed by atoms with E-state index in [2.05, 4.69) is 10.4 Å². The van der Waals surface area contributed by atoms with E-state index in [0.717, 1.165) is 42.5 Å². The normalized spacial score (nSPS) is 21.1. The first-order valence-electron chi connectivity index (χ1n) is 11.2. The summed E-state index contributed by atoms with van der Waals surface area (Å²) < 4.78 is 7.14. The van der Waals surface area contributed by atoms with Crippen LogP contribution in [0, 0.1) is 13.8 Å². The van der Waals surface area contributed by atoms with Gasteiger partial charge in [-0.15, -0.1) is 0 Å². The summed E-state index contributed by atoms with van der Waals surface area (Å²) in [6.45, 7) is 6.12. The number of hydrogen-bond acceptors (Lipinski definition) is 4. The largest absolute Gasteiger partial charge is 0.463 e. The van der Waals surface area contributed by atoms with Crippen molar-refractivity contribution in [1.82, 2.24) is 15.1 Å². The summed E-state index contributed by atoms with van der Waals surface area (Å²) in [7, 11) is 0. The summed E-state index contributed by atoms with van der Waals surface area (Å²) in [5.41, 5.74) is 2.73. The molecule has 32 heavy (non-hydrogen) atoms. The Labute approximate surface area is 187 Å². The van der Waals surface area contributed by atoms with Crippen LogP contribution in [0.1, 0.15) is 54.2 Å². The third kappa shape index (κ3) is 3.23. The molecule has 0 radical (unpaired) electrons. The predicted octanol–water partition coefficient (Wildman–Crippen LogP) is 4.24. The molecule has 2 aliphatic rings. The van der Waals surface area contributed by atoms with Crippen molar-refractivity contribution in [2.45, 2.75) is 64.6 Å². The van der Waals surface area contributed by atoms with Crippen molar-refractivity contribution in [1.29, 1.82) is 0 Å².